The first-order chi connectivity index (χ1) is 9.61. The Morgan fingerprint density at radius 3 is 2.80 bits per heavy atom. The molecule has 1 aromatic heterocycles. The van der Waals surface area contributed by atoms with Gasteiger partial charge in [0.05, 0.1) is 12.3 Å². The van der Waals surface area contributed by atoms with E-state index in [0.29, 0.717) is 6.61 Å². The second-order valence-electron chi connectivity index (χ2n) is 4.04. The Morgan fingerprint density at radius 1 is 1.30 bits per heavy atom. The molecule has 0 saturated heterocycles. The van der Waals surface area contributed by atoms with Crippen LogP contribution in [0.3, 0.4) is 0 Å². The van der Waals surface area contributed by atoms with E-state index in [1.54, 1.807) is 0 Å². The fourth-order valence-corrected chi connectivity index (χ4v) is 1.51. The van der Waals surface area contributed by atoms with E-state index in [2.05, 4.69) is 15.3 Å². The van der Waals surface area contributed by atoms with Crippen molar-refractivity contribution in [1.29, 1.82) is 0 Å². The molecule has 20 heavy (non-hydrogen) atoms. The Labute approximate surface area is 114 Å². The van der Waals surface area contributed by atoms with Crippen molar-refractivity contribution < 1.29 is 13.5 Å². The average molecular weight is 280 g/mol. The quantitative estimate of drug-likeness (QED) is 0.881. The lowest BCUT2D eigenvalue weighted by molar-refractivity contribution is 0.307. The van der Waals surface area contributed by atoms with Crippen LogP contribution in [-0.2, 0) is 0 Å². The molecule has 0 spiro atoms. The monoisotopic (exact) mass is 280 g/mol. The number of aromatic nitrogens is 2. The molecule has 0 saturated carbocycles. The molecule has 5 nitrogen and oxygen atoms in total. The van der Waals surface area contributed by atoms with E-state index in [-0.39, 0.29) is 23.1 Å². The third-order valence-corrected chi connectivity index (χ3v) is 2.47. The molecule has 106 valence electrons. The molecule has 2 aromatic rings. The van der Waals surface area contributed by atoms with Crippen molar-refractivity contribution in [1.82, 2.24) is 9.97 Å². The highest BCUT2D eigenvalue weighted by Gasteiger charge is 2.11. The van der Waals surface area contributed by atoms with Gasteiger partial charge in [0.25, 0.3) is 0 Å². The second-order valence-corrected chi connectivity index (χ2v) is 4.04. The maximum absolute atomic E-state index is 13.6. The number of nitrogens with zero attached hydrogens (tertiary/aromatic N) is 2. The molecule has 3 N–H and O–H groups in total. The van der Waals surface area contributed by atoms with Crippen LogP contribution in [0.25, 0.3) is 0 Å². The third-order valence-electron chi connectivity index (χ3n) is 2.47. The molecule has 1 heterocycles. The summed E-state index contributed by atoms with van der Waals surface area (Å²) in [6.45, 7) is 2.41. The molecule has 0 aliphatic heterocycles. The summed E-state index contributed by atoms with van der Waals surface area (Å²) in [5.74, 6) is -0.960. The van der Waals surface area contributed by atoms with Crippen LogP contribution in [0.1, 0.15) is 13.3 Å². The lowest BCUT2D eigenvalue weighted by Crippen LogP contribution is -2.06. The number of hydrogen-bond donors (Lipinski definition) is 2. The fraction of sp³-hybridized carbons (Fsp3) is 0.231. The predicted octanol–water partition coefficient (Wildman–Crippen LogP) is 2.87. The summed E-state index contributed by atoms with van der Waals surface area (Å²) < 4.78 is 31.7. The van der Waals surface area contributed by atoms with Crippen molar-refractivity contribution >= 4 is 17.2 Å². The maximum atomic E-state index is 13.6. The number of hydrogen-bond acceptors (Lipinski definition) is 5. The number of ether oxygens (including phenoxy) is 1. The fourth-order valence-electron chi connectivity index (χ4n) is 1.51. The Balaban J connectivity index is 2.24. The normalized spacial score (nSPS) is 10.3. The van der Waals surface area contributed by atoms with Crippen molar-refractivity contribution in [3.05, 3.63) is 36.2 Å². The summed E-state index contributed by atoms with van der Waals surface area (Å²) in [5, 5.41) is 2.69. The minimum Gasteiger partial charge on any atom is -0.476 e. The van der Waals surface area contributed by atoms with Crippen molar-refractivity contribution in [2.75, 3.05) is 17.7 Å². The molecular formula is C13H14F2N4O. The van der Waals surface area contributed by atoms with Gasteiger partial charge in [-0.15, -0.1) is 0 Å². The van der Waals surface area contributed by atoms with E-state index >= 15 is 0 Å². The molecule has 0 aliphatic carbocycles. The van der Waals surface area contributed by atoms with Gasteiger partial charge in [0, 0.05) is 6.07 Å². The zero-order valence-electron chi connectivity index (χ0n) is 10.9. The van der Waals surface area contributed by atoms with Gasteiger partial charge in [0.2, 0.25) is 5.88 Å². The van der Waals surface area contributed by atoms with Crippen LogP contribution in [0.4, 0.5) is 26.0 Å². The highest BCUT2D eigenvalue weighted by Crippen LogP contribution is 2.28. The first-order valence-corrected chi connectivity index (χ1v) is 6.07. The van der Waals surface area contributed by atoms with Gasteiger partial charge in [0.1, 0.15) is 23.6 Å². The van der Waals surface area contributed by atoms with Gasteiger partial charge in [-0.05, 0) is 18.6 Å². The van der Waals surface area contributed by atoms with Gasteiger partial charge in [0.15, 0.2) is 5.82 Å². The highest BCUT2D eigenvalue weighted by molar-refractivity contribution is 5.72. The number of nitrogens with two attached hydrogens (primary N) is 1. The molecule has 0 fully saturated rings. The Kier molecular flexibility index (Phi) is 4.29. The number of rotatable bonds is 5. The summed E-state index contributed by atoms with van der Waals surface area (Å²) in [4.78, 5) is 7.82. The molecule has 1 aromatic carbocycles. The zero-order chi connectivity index (χ0) is 14.5. The third kappa shape index (κ3) is 3.11. The van der Waals surface area contributed by atoms with Crippen molar-refractivity contribution in [2.45, 2.75) is 13.3 Å². The first-order valence-electron chi connectivity index (χ1n) is 6.07. The minimum atomic E-state index is -0.737. The van der Waals surface area contributed by atoms with E-state index in [0.717, 1.165) is 18.6 Å². The van der Waals surface area contributed by atoms with Gasteiger partial charge < -0.3 is 15.8 Å². The van der Waals surface area contributed by atoms with Crippen molar-refractivity contribution in [3.8, 4) is 5.88 Å². The van der Waals surface area contributed by atoms with E-state index in [4.69, 9.17) is 10.5 Å². The topological polar surface area (TPSA) is 73.1 Å². The molecule has 0 atom stereocenters. The SMILES string of the molecule is CCCOc1ncnc(Nc2ccc(F)cc2F)c1N. The van der Waals surface area contributed by atoms with E-state index < -0.39 is 11.6 Å². The number of benzene rings is 1. The lowest BCUT2D eigenvalue weighted by atomic mass is 10.3. The molecule has 2 rings (SSSR count). The number of nitrogens with one attached hydrogen (secondary N) is 1. The molecule has 0 bridgehead atoms. The summed E-state index contributed by atoms with van der Waals surface area (Å²) in [5.41, 5.74) is 6.08. The van der Waals surface area contributed by atoms with Crippen LogP contribution in [0.2, 0.25) is 0 Å². The van der Waals surface area contributed by atoms with Crippen LogP contribution in [0, 0.1) is 11.6 Å². The first kappa shape index (κ1) is 14.0. The molecule has 7 heteroatoms. The summed E-state index contributed by atoms with van der Waals surface area (Å²) in [7, 11) is 0. The van der Waals surface area contributed by atoms with Crippen LogP contribution >= 0.6 is 0 Å². The molecule has 0 amide bonds. The van der Waals surface area contributed by atoms with Crippen LogP contribution in [-0.4, -0.2) is 16.6 Å². The molecule has 0 radical (unpaired) electrons. The molecule has 0 unspecified atom stereocenters. The Morgan fingerprint density at radius 2 is 2.10 bits per heavy atom. The Bertz CT molecular complexity index is 607. The largest absolute Gasteiger partial charge is 0.476 e. The standard InChI is InChI=1S/C13H14F2N4O/c1-2-5-20-13-11(16)12(17-7-18-13)19-10-4-3-8(14)6-9(10)15/h3-4,6-7H,2,5,16H2,1H3,(H,17,18,19). The maximum Gasteiger partial charge on any atom is 0.242 e. The van der Waals surface area contributed by atoms with Crippen LogP contribution in [0.15, 0.2) is 24.5 Å². The van der Waals surface area contributed by atoms with Gasteiger partial charge in [-0.1, -0.05) is 6.92 Å². The highest BCUT2D eigenvalue weighted by atomic mass is 19.1. The second kappa shape index (κ2) is 6.14. The smallest absolute Gasteiger partial charge is 0.242 e. The number of anilines is 3. The number of nitrogen functional groups attached to an aromatic ring is 1. The molecule has 0 aliphatic rings. The lowest BCUT2D eigenvalue weighted by Gasteiger charge is -2.12. The van der Waals surface area contributed by atoms with Crippen molar-refractivity contribution in [3.63, 3.8) is 0 Å². The van der Waals surface area contributed by atoms with Crippen LogP contribution < -0.4 is 15.8 Å². The average Bonchev–Trinajstić information content (AvgIpc) is 2.42. The van der Waals surface area contributed by atoms with E-state index in [1.165, 1.54) is 12.4 Å². The summed E-state index contributed by atoms with van der Waals surface area (Å²) in [6, 6.07) is 3.17. The van der Waals surface area contributed by atoms with Gasteiger partial charge in [-0.3, -0.25) is 0 Å². The van der Waals surface area contributed by atoms with Gasteiger partial charge in [-0.25, -0.2) is 13.8 Å². The van der Waals surface area contributed by atoms with Crippen LogP contribution in [0.5, 0.6) is 5.88 Å². The van der Waals surface area contributed by atoms with Crippen molar-refractivity contribution in [2.24, 2.45) is 0 Å². The van der Waals surface area contributed by atoms with Gasteiger partial charge in [-0.2, -0.15) is 4.98 Å². The van der Waals surface area contributed by atoms with Gasteiger partial charge >= 0.3 is 0 Å². The summed E-state index contributed by atoms with van der Waals surface area (Å²) >= 11 is 0. The Hall–Kier alpha value is -2.44. The zero-order valence-corrected chi connectivity index (χ0v) is 10.9. The van der Waals surface area contributed by atoms with E-state index in [1.807, 2.05) is 6.92 Å². The number of halogens is 2. The predicted molar refractivity (Wildman–Crippen MR) is 71.9 cm³/mol. The minimum absolute atomic E-state index is 0.0678. The summed E-state index contributed by atoms with van der Waals surface area (Å²) in [6.07, 6.45) is 2.06. The van der Waals surface area contributed by atoms with E-state index in [9.17, 15) is 8.78 Å². The molecular weight excluding hydrogens is 266 g/mol.